The molecular formula is C37H46N4O5S. The second-order valence-electron chi connectivity index (χ2n) is 13.9. The van der Waals surface area contributed by atoms with E-state index in [2.05, 4.69) is 36.5 Å². The number of aromatic nitrogens is 2. The van der Waals surface area contributed by atoms with E-state index in [1.165, 1.54) is 29.0 Å². The van der Waals surface area contributed by atoms with Crippen LogP contribution < -0.4 is 15.0 Å². The molecule has 10 heteroatoms. The largest absolute Gasteiger partial charge is 0.496 e. The van der Waals surface area contributed by atoms with Crippen molar-refractivity contribution in [1.29, 1.82) is 0 Å². The maximum atomic E-state index is 14.4. The first-order valence-electron chi connectivity index (χ1n) is 17.4. The highest BCUT2D eigenvalue weighted by atomic mass is 32.1. The fourth-order valence-electron chi connectivity index (χ4n) is 7.37. The summed E-state index contributed by atoms with van der Waals surface area (Å²) in [4.78, 5) is 39.2. The topological polar surface area (TPSA) is 103 Å². The number of benzene rings is 1. The monoisotopic (exact) mass is 658 g/mol. The van der Waals surface area contributed by atoms with Crippen molar-refractivity contribution in [2.24, 2.45) is 11.8 Å². The SMILES string of the molecule is COc1ccc(C2CCC(CN(C(=O)C3CCC(OC(=O)NC4COC4)CC3)c3cc(-c4cnc(C5CC5)s4)ccn3)CC2)cc1C. The van der Waals surface area contributed by atoms with E-state index < -0.39 is 0 Å². The predicted octanol–water partition coefficient (Wildman–Crippen LogP) is 7.39. The minimum absolute atomic E-state index is 0.0397. The Labute approximate surface area is 281 Å². The molecule has 2 amide bonds. The smallest absolute Gasteiger partial charge is 0.407 e. The number of aryl methyl sites for hydroxylation is 1. The Bertz CT molecular complexity index is 1550. The number of hydrogen-bond donors (Lipinski definition) is 1. The van der Waals surface area contributed by atoms with Crippen LogP contribution >= 0.6 is 11.3 Å². The summed E-state index contributed by atoms with van der Waals surface area (Å²) in [6, 6.07) is 10.7. The minimum atomic E-state index is -0.385. The molecule has 7 rings (SSSR count). The molecule has 3 saturated carbocycles. The van der Waals surface area contributed by atoms with Gasteiger partial charge in [0.1, 0.15) is 17.7 Å². The lowest BCUT2D eigenvalue weighted by molar-refractivity contribution is -0.124. The molecule has 0 bridgehead atoms. The van der Waals surface area contributed by atoms with Crippen molar-refractivity contribution in [2.75, 3.05) is 31.8 Å². The summed E-state index contributed by atoms with van der Waals surface area (Å²) < 4.78 is 16.3. The second-order valence-corrected chi connectivity index (χ2v) is 15.0. The maximum Gasteiger partial charge on any atom is 0.407 e. The zero-order valence-electron chi connectivity index (χ0n) is 27.5. The molecule has 0 unspecified atom stereocenters. The Morgan fingerprint density at radius 2 is 1.72 bits per heavy atom. The van der Waals surface area contributed by atoms with Crippen LogP contribution in [0.4, 0.5) is 10.6 Å². The van der Waals surface area contributed by atoms with Crippen LogP contribution in [-0.2, 0) is 14.3 Å². The van der Waals surface area contributed by atoms with E-state index in [0.29, 0.717) is 63.2 Å². The minimum Gasteiger partial charge on any atom is -0.496 e. The Kier molecular flexibility index (Phi) is 9.77. The van der Waals surface area contributed by atoms with Gasteiger partial charge in [0.15, 0.2) is 0 Å². The number of thiazole rings is 1. The van der Waals surface area contributed by atoms with Gasteiger partial charge in [-0.3, -0.25) is 9.69 Å². The number of anilines is 1. The molecule has 3 aliphatic carbocycles. The van der Waals surface area contributed by atoms with Gasteiger partial charge in [0.25, 0.3) is 0 Å². The molecule has 0 radical (unpaired) electrons. The Morgan fingerprint density at radius 1 is 0.957 bits per heavy atom. The first kappa shape index (κ1) is 32.1. The third kappa shape index (κ3) is 7.64. The van der Waals surface area contributed by atoms with Gasteiger partial charge in [-0.15, -0.1) is 11.3 Å². The molecular weight excluding hydrogens is 612 g/mol. The molecule has 0 spiro atoms. The van der Waals surface area contributed by atoms with E-state index >= 15 is 0 Å². The highest BCUT2D eigenvalue weighted by molar-refractivity contribution is 7.15. The molecule has 3 aromatic rings. The van der Waals surface area contributed by atoms with E-state index in [4.69, 9.17) is 24.2 Å². The number of alkyl carbamates (subject to hydrolysis) is 1. The van der Waals surface area contributed by atoms with Gasteiger partial charge in [0.2, 0.25) is 5.91 Å². The lowest BCUT2D eigenvalue weighted by atomic mass is 9.78. The van der Waals surface area contributed by atoms with E-state index in [0.717, 1.165) is 47.7 Å². The zero-order valence-corrected chi connectivity index (χ0v) is 28.3. The summed E-state index contributed by atoms with van der Waals surface area (Å²) in [5.41, 5.74) is 3.62. The van der Waals surface area contributed by atoms with Crippen LogP contribution in [0.15, 0.2) is 42.7 Å². The van der Waals surface area contributed by atoms with Crippen LogP contribution in [0.5, 0.6) is 5.75 Å². The van der Waals surface area contributed by atoms with Crippen molar-refractivity contribution in [3.05, 3.63) is 58.9 Å². The van der Waals surface area contributed by atoms with Crippen molar-refractivity contribution in [1.82, 2.24) is 15.3 Å². The van der Waals surface area contributed by atoms with Crippen LogP contribution in [0, 0.1) is 18.8 Å². The van der Waals surface area contributed by atoms with Crippen LogP contribution in [0.2, 0.25) is 0 Å². The maximum absolute atomic E-state index is 14.4. The molecule has 0 atom stereocenters. The summed E-state index contributed by atoms with van der Waals surface area (Å²) in [6.45, 7) is 3.85. The van der Waals surface area contributed by atoms with Crippen LogP contribution in [0.1, 0.15) is 92.2 Å². The first-order valence-corrected chi connectivity index (χ1v) is 18.2. The van der Waals surface area contributed by atoms with E-state index in [1.807, 2.05) is 23.4 Å². The lowest BCUT2D eigenvalue weighted by Gasteiger charge is -2.36. The highest BCUT2D eigenvalue weighted by Gasteiger charge is 2.35. The molecule has 1 N–H and O–H groups in total. The number of nitrogens with one attached hydrogen (secondary N) is 1. The van der Waals surface area contributed by atoms with E-state index in [1.54, 1.807) is 18.4 Å². The van der Waals surface area contributed by atoms with Gasteiger partial charge in [0, 0.05) is 30.8 Å². The number of nitrogens with zero attached hydrogens (tertiary/aromatic N) is 3. The van der Waals surface area contributed by atoms with Gasteiger partial charge in [-0.2, -0.15) is 0 Å². The van der Waals surface area contributed by atoms with Crippen molar-refractivity contribution < 1.29 is 23.8 Å². The number of rotatable bonds is 10. The van der Waals surface area contributed by atoms with Crippen molar-refractivity contribution >= 4 is 29.2 Å². The van der Waals surface area contributed by atoms with Gasteiger partial charge < -0.3 is 19.5 Å². The van der Waals surface area contributed by atoms with Crippen LogP contribution in [-0.4, -0.2) is 61.0 Å². The number of ether oxygens (including phenoxy) is 3. The van der Waals surface area contributed by atoms with Gasteiger partial charge in [-0.25, -0.2) is 14.8 Å². The molecule has 3 heterocycles. The average Bonchev–Trinajstić information content (AvgIpc) is 3.81. The number of carbonyl (C=O) groups is 2. The zero-order chi connectivity index (χ0) is 32.3. The van der Waals surface area contributed by atoms with Gasteiger partial charge in [-0.05, 0) is 118 Å². The van der Waals surface area contributed by atoms with Crippen molar-refractivity contribution in [3.8, 4) is 16.2 Å². The van der Waals surface area contributed by atoms with Crippen LogP contribution in [0.3, 0.4) is 0 Å². The Balaban J connectivity index is 1.03. The standard InChI is InChI=1S/C37H46N4O5S/c1-23-17-28(11-14-32(23)44-2)25-5-3-24(4-6-25)20-41(34-18-29(15-16-38-34)33-19-39-35(47-33)26-7-8-26)36(42)27-9-12-31(13-10-27)46-37(43)40-30-21-45-22-30/h11,14-19,24-27,30-31H,3-10,12-13,20-22H2,1-2H3,(H,40,43). The molecule has 47 heavy (non-hydrogen) atoms. The molecule has 250 valence electrons. The summed E-state index contributed by atoms with van der Waals surface area (Å²) >= 11 is 1.76. The molecule has 4 fully saturated rings. The number of pyridine rings is 1. The number of methoxy groups -OCH3 is 1. The normalized spacial score (nSPS) is 24.6. The summed E-state index contributed by atoms with van der Waals surface area (Å²) in [7, 11) is 1.72. The Hall–Kier alpha value is -3.50. The summed E-state index contributed by atoms with van der Waals surface area (Å²) in [5.74, 6) is 3.22. The fourth-order valence-corrected chi connectivity index (χ4v) is 8.45. The fraction of sp³-hybridized carbons (Fsp3) is 0.568. The van der Waals surface area contributed by atoms with Crippen LogP contribution in [0.25, 0.3) is 10.4 Å². The molecule has 9 nitrogen and oxygen atoms in total. The van der Waals surface area contributed by atoms with Gasteiger partial charge in [-0.1, -0.05) is 12.1 Å². The number of carbonyl (C=O) groups excluding carboxylic acids is 2. The Morgan fingerprint density at radius 3 is 2.40 bits per heavy atom. The molecule has 1 aromatic carbocycles. The van der Waals surface area contributed by atoms with Gasteiger partial charge in [0.05, 0.1) is 36.3 Å². The van der Waals surface area contributed by atoms with Gasteiger partial charge >= 0.3 is 6.09 Å². The molecule has 1 saturated heterocycles. The second kappa shape index (κ2) is 14.3. The third-order valence-electron chi connectivity index (χ3n) is 10.5. The van der Waals surface area contributed by atoms with E-state index in [9.17, 15) is 9.59 Å². The predicted molar refractivity (Wildman–Crippen MR) is 182 cm³/mol. The molecule has 4 aliphatic rings. The third-order valence-corrected chi connectivity index (χ3v) is 11.7. The number of amides is 2. The van der Waals surface area contributed by atoms with Crippen molar-refractivity contribution in [3.63, 3.8) is 0 Å². The lowest BCUT2D eigenvalue weighted by Crippen LogP contribution is -2.49. The summed E-state index contributed by atoms with van der Waals surface area (Å²) in [6.07, 6.45) is 12.8. The summed E-state index contributed by atoms with van der Waals surface area (Å²) in [5, 5.41) is 4.07. The highest BCUT2D eigenvalue weighted by Crippen LogP contribution is 2.44. The number of hydrogen-bond acceptors (Lipinski definition) is 8. The molecule has 1 aliphatic heterocycles. The van der Waals surface area contributed by atoms with Crippen molar-refractivity contribution in [2.45, 2.75) is 95.1 Å². The first-order chi connectivity index (χ1) is 22.9. The average molecular weight is 659 g/mol. The molecule has 2 aromatic heterocycles. The van der Waals surface area contributed by atoms with E-state index in [-0.39, 0.29) is 30.1 Å². The quantitative estimate of drug-likeness (QED) is 0.242.